The summed E-state index contributed by atoms with van der Waals surface area (Å²) in [4.78, 5) is 17.9. The molecule has 1 aliphatic carbocycles. The Morgan fingerprint density at radius 3 is 2.61 bits per heavy atom. The van der Waals surface area contributed by atoms with Gasteiger partial charge in [-0.15, -0.1) is 0 Å². The van der Waals surface area contributed by atoms with Crippen molar-refractivity contribution in [2.24, 2.45) is 5.92 Å². The Labute approximate surface area is 192 Å². The molecule has 0 radical (unpaired) electrons. The van der Waals surface area contributed by atoms with Crippen LogP contribution in [-0.4, -0.2) is 26.7 Å². The minimum absolute atomic E-state index is 0.164. The van der Waals surface area contributed by atoms with Crippen molar-refractivity contribution >= 4 is 16.9 Å². The van der Waals surface area contributed by atoms with Gasteiger partial charge in [0, 0.05) is 11.6 Å². The molecule has 1 aliphatic rings. The highest BCUT2D eigenvalue weighted by atomic mass is 19.1. The number of nitrogens with one attached hydrogen (secondary N) is 1. The summed E-state index contributed by atoms with van der Waals surface area (Å²) in [6.45, 7) is 4.16. The Kier molecular flexibility index (Phi) is 5.67. The first-order chi connectivity index (χ1) is 16.0. The summed E-state index contributed by atoms with van der Waals surface area (Å²) >= 11 is 0. The molecule has 2 aromatic carbocycles. The van der Waals surface area contributed by atoms with Crippen LogP contribution in [0, 0.1) is 18.7 Å². The van der Waals surface area contributed by atoms with Crippen molar-refractivity contribution in [1.82, 2.24) is 20.1 Å². The fourth-order valence-corrected chi connectivity index (χ4v) is 4.77. The number of hydrogen-bond acceptors (Lipinski definition) is 3. The molecule has 2 aromatic heterocycles. The Balaban J connectivity index is 1.64. The van der Waals surface area contributed by atoms with Gasteiger partial charge in [0.05, 0.1) is 11.1 Å². The maximum atomic E-state index is 14.0. The second-order valence-electron chi connectivity index (χ2n) is 8.97. The van der Waals surface area contributed by atoms with E-state index < -0.39 is 0 Å². The highest BCUT2D eigenvalue weighted by molar-refractivity contribution is 5.99. The maximum absolute atomic E-state index is 14.0. The summed E-state index contributed by atoms with van der Waals surface area (Å²) in [6, 6.07) is 18.1. The molecule has 1 fully saturated rings. The Morgan fingerprint density at radius 2 is 1.85 bits per heavy atom. The van der Waals surface area contributed by atoms with Crippen LogP contribution in [0.4, 0.5) is 4.39 Å². The van der Waals surface area contributed by atoms with Crippen LogP contribution in [-0.2, 0) is 0 Å². The second-order valence-corrected chi connectivity index (χ2v) is 8.97. The first-order valence-electron chi connectivity index (χ1n) is 11.5. The third-order valence-electron chi connectivity index (χ3n) is 6.60. The SMILES string of the molecule is Cc1cc(C(=O)NC2CCCCC2C)nc2c1c(-c1ccccc1)nn2-c1cccc(F)c1. The molecule has 2 unspecified atom stereocenters. The van der Waals surface area contributed by atoms with Crippen molar-refractivity contribution in [2.45, 2.75) is 45.6 Å². The summed E-state index contributed by atoms with van der Waals surface area (Å²) in [6.07, 6.45) is 4.47. The molecule has 0 bridgehead atoms. The molecule has 6 heteroatoms. The van der Waals surface area contributed by atoms with E-state index in [0.717, 1.165) is 41.5 Å². The molecule has 0 spiro atoms. The lowest BCUT2D eigenvalue weighted by Crippen LogP contribution is -2.41. The summed E-state index contributed by atoms with van der Waals surface area (Å²) in [5, 5.41) is 8.86. The average Bonchev–Trinajstić information content (AvgIpc) is 3.21. The van der Waals surface area contributed by atoms with Crippen molar-refractivity contribution in [3.05, 3.63) is 77.7 Å². The molecule has 4 aromatic rings. The zero-order valence-corrected chi connectivity index (χ0v) is 18.9. The van der Waals surface area contributed by atoms with Crippen LogP contribution in [0.15, 0.2) is 60.7 Å². The van der Waals surface area contributed by atoms with E-state index in [1.54, 1.807) is 16.8 Å². The Hall–Kier alpha value is -3.54. The fraction of sp³-hybridized carbons (Fsp3) is 0.296. The van der Waals surface area contributed by atoms with E-state index in [1.165, 1.54) is 18.6 Å². The van der Waals surface area contributed by atoms with Crippen molar-refractivity contribution < 1.29 is 9.18 Å². The lowest BCUT2D eigenvalue weighted by Gasteiger charge is -2.29. The molecule has 1 N–H and O–H groups in total. The van der Waals surface area contributed by atoms with Gasteiger partial charge in [-0.05, 0) is 55.5 Å². The number of carbonyl (C=O) groups is 1. The lowest BCUT2D eigenvalue weighted by molar-refractivity contribution is 0.0905. The number of nitrogens with zero attached hydrogens (tertiary/aromatic N) is 3. The number of hydrogen-bond donors (Lipinski definition) is 1. The van der Waals surface area contributed by atoms with Crippen LogP contribution in [0.2, 0.25) is 0 Å². The van der Waals surface area contributed by atoms with Gasteiger partial charge in [0.2, 0.25) is 0 Å². The molecule has 0 aliphatic heterocycles. The smallest absolute Gasteiger partial charge is 0.270 e. The Morgan fingerprint density at radius 1 is 1.06 bits per heavy atom. The average molecular weight is 443 g/mol. The highest BCUT2D eigenvalue weighted by Crippen LogP contribution is 2.32. The molecule has 33 heavy (non-hydrogen) atoms. The van der Waals surface area contributed by atoms with Gasteiger partial charge in [-0.3, -0.25) is 4.79 Å². The predicted octanol–water partition coefficient (Wildman–Crippen LogP) is 5.84. The third kappa shape index (κ3) is 4.13. The van der Waals surface area contributed by atoms with Gasteiger partial charge in [0.15, 0.2) is 5.65 Å². The number of fused-ring (bicyclic) bond motifs is 1. The first-order valence-corrected chi connectivity index (χ1v) is 11.5. The van der Waals surface area contributed by atoms with E-state index in [0.29, 0.717) is 22.9 Å². The van der Waals surface area contributed by atoms with Crippen molar-refractivity contribution in [3.63, 3.8) is 0 Å². The van der Waals surface area contributed by atoms with E-state index >= 15 is 0 Å². The number of pyridine rings is 1. The molecule has 2 heterocycles. The van der Waals surface area contributed by atoms with Crippen LogP contribution in [0.3, 0.4) is 0 Å². The monoisotopic (exact) mass is 442 g/mol. The zero-order chi connectivity index (χ0) is 22.9. The number of halogens is 1. The molecule has 5 nitrogen and oxygen atoms in total. The summed E-state index contributed by atoms with van der Waals surface area (Å²) in [7, 11) is 0. The number of amides is 1. The molecule has 168 valence electrons. The van der Waals surface area contributed by atoms with E-state index in [1.807, 2.05) is 43.3 Å². The number of aryl methyl sites for hydroxylation is 1. The standard InChI is InChI=1S/C27H27FN4O/c1-17-9-6-7-14-22(17)30-27(33)23-15-18(2)24-25(19-10-4-3-5-11-19)31-32(26(24)29-23)21-13-8-12-20(28)16-21/h3-5,8,10-13,15-17,22H,6-7,9,14H2,1-2H3,(H,30,33). The number of benzene rings is 2. The fourth-order valence-electron chi connectivity index (χ4n) is 4.77. The summed E-state index contributed by atoms with van der Waals surface area (Å²) < 4.78 is 15.7. The Bertz CT molecular complexity index is 1310. The van der Waals surface area contributed by atoms with Gasteiger partial charge >= 0.3 is 0 Å². The number of rotatable bonds is 4. The van der Waals surface area contributed by atoms with E-state index in [2.05, 4.69) is 12.2 Å². The quantitative estimate of drug-likeness (QED) is 0.432. The van der Waals surface area contributed by atoms with Gasteiger partial charge in [0.1, 0.15) is 17.2 Å². The minimum atomic E-state index is -0.352. The zero-order valence-electron chi connectivity index (χ0n) is 18.9. The number of carbonyl (C=O) groups excluding carboxylic acids is 1. The highest BCUT2D eigenvalue weighted by Gasteiger charge is 2.25. The molecule has 1 saturated carbocycles. The van der Waals surface area contributed by atoms with E-state index in [9.17, 15) is 9.18 Å². The van der Waals surface area contributed by atoms with Gasteiger partial charge in [-0.2, -0.15) is 5.10 Å². The van der Waals surface area contributed by atoms with Gasteiger partial charge < -0.3 is 5.32 Å². The van der Waals surface area contributed by atoms with Gasteiger partial charge in [-0.1, -0.05) is 56.2 Å². The second kappa shape index (κ2) is 8.77. The van der Waals surface area contributed by atoms with Crippen LogP contribution in [0.5, 0.6) is 0 Å². The van der Waals surface area contributed by atoms with Crippen LogP contribution < -0.4 is 5.32 Å². The third-order valence-corrected chi connectivity index (χ3v) is 6.60. The lowest BCUT2D eigenvalue weighted by atomic mass is 9.86. The maximum Gasteiger partial charge on any atom is 0.270 e. The molecule has 5 rings (SSSR count). The molecular weight excluding hydrogens is 415 g/mol. The number of aromatic nitrogens is 3. The van der Waals surface area contributed by atoms with E-state index in [-0.39, 0.29) is 17.8 Å². The minimum Gasteiger partial charge on any atom is -0.348 e. The van der Waals surface area contributed by atoms with Crippen LogP contribution in [0.1, 0.15) is 48.7 Å². The van der Waals surface area contributed by atoms with Crippen molar-refractivity contribution in [2.75, 3.05) is 0 Å². The van der Waals surface area contributed by atoms with Crippen molar-refractivity contribution in [3.8, 4) is 16.9 Å². The van der Waals surface area contributed by atoms with Gasteiger partial charge in [0.25, 0.3) is 5.91 Å². The van der Waals surface area contributed by atoms with Gasteiger partial charge in [-0.25, -0.2) is 14.1 Å². The molecule has 2 atom stereocenters. The molecule has 1 amide bonds. The normalized spacial score (nSPS) is 18.4. The molecular formula is C27H27FN4O. The van der Waals surface area contributed by atoms with Crippen molar-refractivity contribution in [1.29, 1.82) is 0 Å². The van der Waals surface area contributed by atoms with E-state index in [4.69, 9.17) is 10.1 Å². The predicted molar refractivity (Wildman–Crippen MR) is 128 cm³/mol. The van der Waals surface area contributed by atoms with Crippen LogP contribution >= 0.6 is 0 Å². The first kappa shape index (κ1) is 21.3. The molecule has 0 saturated heterocycles. The largest absolute Gasteiger partial charge is 0.348 e. The summed E-state index contributed by atoms with van der Waals surface area (Å²) in [5.41, 5.74) is 4.07. The van der Waals surface area contributed by atoms with Crippen LogP contribution in [0.25, 0.3) is 28.0 Å². The summed E-state index contributed by atoms with van der Waals surface area (Å²) in [5.74, 6) is -0.0728. The topological polar surface area (TPSA) is 59.8 Å².